The maximum atomic E-state index is 12.5. The molecule has 0 radical (unpaired) electrons. The molecule has 0 aromatic heterocycles. The molecule has 0 amide bonds. The topological polar surface area (TPSA) is 26.0 Å². The molecule has 1 fully saturated rings. The van der Waals surface area contributed by atoms with Gasteiger partial charge in [-0.2, -0.15) is 0 Å². The van der Waals surface area contributed by atoms with Crippen molar-refractivity contribution in [3.05, 3.63) is 0 Å². The Kier molecular flexibility index (Phi) is 4.57. The van der Waals surface area contributed by atoms with Crippen molar-refractivity contribution < 1.29 is 10.2 Å². The van der Waals surface area contributed by atoms with E-state index in [0.717, 1.165) is 6.42 Å². The molecule has 70 valence electrons. The highest BCUT2D eigenvalue weighted by molar-refractivity contribution is 4.84. The Morgan fingerprint density at radius 1 is 1.36 bits per heavy atom. The van der Waals surface area contributed by atoms with Gasteiger partial charge in [0.1, 0.15) is 0 Å². The van der Waals surface area contributed by atoms with Crippen LogP contribution in [-0.4, -0.2) is 12.0 Å². The van der Waals surface area contributed by atoms with Gasteiger partial charge in [0, 0.05) is 7.85 Å². The summed E-state index contributed by atoms with van der Waals surface area (Å²) in [5, 5.41) is 0. The van der Waals surface area contributed by atoms with Gasteiger partial charge in [0.25, 0.3) is 5.92 Å². The molecule has 0 bridgehead atoms. The Balaban J connectivity index is 0. The van der Waals surface area contributed by atoms with Crippen LogP contribution in [-0.2, 0) is 0 Å². The van der Waals surface area contributed by atoms with E-state index in [4.69, 9.17) is 5.73 Å². The van der Waals surface area contributed by atoms with E-state index in [1.807, 2.05) is 13.8 Å². The smallest absolute Gasteiger partial charge is 0.262 e. The molecule has 1 unspecified atom stereocenters. The molecule has 0 aromatic rings. The van der Waals surface area contributed by atoms with E-state index in [2.05, 4.69) is 0 Å². The van der Waals surface area contributed by atoms with Crippen LogP contribution in [0.3, 0.4) is 0 Å². The van der Waals surface area contributed by atoms with Crippen molar-refractivity contribution in [1.29, 1.82) is 0 Å². The standard InChI is InChI=1S/C6H11F2N.C2H6.H2/c7-6(8)4-2-1-3-5(6)9;1-2;/h5H,1-4,9H2;1-2H3;1H. The van der Waals surface area contributed by atoms with E-state index in [9.17, 15) is 8.78 Å². The minimum atomic E-state index is -2.59. The molecular weight excluding hydrogens is 148 g/mol. The normalized spacial score (nSPS) is 28.6. The number of hydrogen-bond acceptors (Lipinski definition) is 1. The Hall–Kier alpha value is -0.180. The van der Waals surface area contributed by atoms with Crippen LogP contribution in [0.25, 0.3) is 0 Å². The highest BCUT2D eigenvalue weighted by Gasteiger charge is 2.38. The third-order valence-corrected chi connectivity index (χ3v) is 1.82. The summed E-state index contributed by atoms with van der Waals surface area (Å²) in [6, 6.07) is -0.883. The number of hydrogen-bond donors (Lipinski definition) is 1. The summed E-state index contributed by atoms with van der Waals surface area (Å²) in [5.41, 5.74) is 5.16. The van der Waals surface area contributed by atoms with Gasteiger partial charge in [0.2, 0.25) is 0 Å². The van der Waals surface area contributed by atoms with Gasteiger partial charge in [-0.25, -0.2) is 8.78 Å². The zero-order valence-corrected chi connectivity index (χ0v) is 7.24. The third-order valence-electron chi connectivity index (χ3n) is 1.82. The van der Waals surface area contributed by atoms with Crippen LogP contribution >= 0.6 is 0 Å². The lowest BCUT2D eigenvalue weighted by Gasteiger charge is -2.27. The second kappa shape index (κ2) is 4.65. The summed E-state index contributed by atoms with van der Waals surface area (Å²) in [7, 11) is 0. The lowest BCUT2D eigenvalue weighted by Crippen LogP contribution is -2.43. The lowest BCUT2D eigenvalue weighted by molar-refractivity contribution is -0.0514. The van der Waals surface area contributed by atoms with E-state index in [0.29, 0.717) is 12.8 Å². The van der Waals surface area contributed by atoms with E-state index in [-0.39, 0.29) is 7.85 Å². The first-order valence-electron chi connectivity index (χ1n) is 4.26. The number of halogens is 2. The van der Waals surface area contributed by atoms with Crippen molar-refractivity contribution in [3.63, 3.8) is 0 Å². The highest BCUT2D eigenvalue weighted by atomic mass is 19.3. The fourth-order valence-corrected chi connectivity index (χ4v) is 1.12. The predicted molar refractivity (Wildman–Crippen MR) is 44.9 cm³/mol. The van der Waals surface area contributed by atoms with Crippen LogP contribution in [0.1, 0.15) is 41.0 Å². The SMILES string of the molecule is CC.NC1CCCCC1(F)F.[HH]. The monoisotopic (exact) mass is 167 g/mol. The molecule has 0 saturated heterocycles. The number of rotatable bonds is 0. The van der Waals surface area contributed by atoms with Crippen molar-refractivity contribution in [2.45, 2.75) is 51.5 Å². The third kappa shape index (κ3) is 3.14. The zero-order valence-electron chi connectivity index (χ0n) is 7.24. The van der Waals surface area contributed by atoms with Crippen molar-refractivity contribution in [1.82, 2.24) is 0 Å². The summed E-state index contributed by atoms with van der Waals surface area (Å²) < 4.78 is 24.9. The predicted octanol–water partition coefficient (Wildman–Crippen LogP) is 2.80. The Bertz CT molecular complexity index is 109. The fourth-order valence-electron chi connectivity index (χ4n) is 1.12. The molecule has 1 saturated carbocycles. The molecule has 1 aliphatic carbocycles. The van der Waals surface area contributed by atoms with Crippen LogP contribution in [0.15, 0.2) is 0 Å². The maximum Gasteiger partial charge on any atom is 0.262 e. The first kappa shape index (κ1) is 10.8. The Labute approximate surface area is 68.4 Å². The average Bonchev–Trinajstić information content (AvgIpc) is 2.00. The van der Waals surface area contributed by atoms with Gasteiger partial charge in [-0.1, -0.05) is 20.3 Å². The molecule has 0 spiro atoms. The summed E-state index contributed by atoms with van der Waals surface area (Å²) >= 11 is 0. The largest absolute Gasteiger partial charge is 0.323 e. The van der Waals surface area contributed by atoms with Gasteiger partial charge >= 0.3 is 0 Å². The molecule has 1 rings (SSSR count). The van der Waals surface area contributed by atoms with Crippen molar-refractivity contribution in [3.8, 4) is 0 Å². The molecular formula is C8H19F2N. The van der Waals surface area contributed by atoms with Crippen LogP contribution in [0.4, 0.5) is 8.78 Å². The molecule has 0 aromatic carbocycles. The molecule has 2 N–H and O–H groups in total. The van der Waals surface area contributed by atoms with Crippen LogP contribution in [0.5, 0.6) is 0 Å². The summed E-state index contributed by atoms with van der Waals surface area (Å²) in [5.74, 6) is -2.59. The molecule has 0 heterocycles. The Morgan fingerprint density at radius 2 is 1.91 bits per heavy atom. The maximum absolute atomic E-state index is 12.5. The van der Waals surface area contributed by atoms with E-state index in [1.54, 1.807) is 0 Å². The van der Waals surface area contributed by atoms with Gasteiger partial charge in [0.15, 0.2) is 0 Å². The Morgan fingerprint density at radius 3 is 2.18 bits per heavy atom. The first-order chi connectivity index (χ1) is 5.13. The van der Waals surface area contributed by atoms with Crippen molar-refractivity contribution in [2.75, 3.05) is 0 Å². The molecule has 1 nitrogen and oxygen atoms in total. The van der Waals surface area contributed by atoms with Gasteiger partial charge < -0.3 is 5.73 Å². The second-order valence-electron chi connectivity index (χ2n) is 2.61. The van der Waals surface area contributed by atoms with Crippen molar-refractivity contribution >= 4 is 0 Å². The van der Waals surface area contributed by atoms with Gasteiger partial charge in [0.05, 0.1) is 6.04 Å². The lowest BCUT2D eigenvalue weighted by atomic mass is 9.92. The summed E-state index contributed by atoms with van der Waals surface area (Å²) in [4.78, 5) is 0. The molecule has 0 aliphatic heterocycles. The van der Waals surface area contributed by atoms with Crippen molar-refractivity contribution in [2.24, 2.45) is 5.73 Å². The fraction of sp³-hybridized carbons (Fsp3) is 1.00. The minimum Gasteiger partial charge on any atom is -0.323 e. The van der Waals surface area contributed by atoms with Crippen LogP contribution in [0.2, 0.25) is 0 Å². The zero-order chi connectivity index (χ0) is 8.91. The van der Waals surface area contributed by atoms with E-state index in [1.165, 1.54) is 0 Å². The molecule has 1 atom stereocenters. The number of alkyl halides is 2. The van der Waals surface area contributed by atoms with E-state index < -0.39 is 12.0 Å². The molecule has 3 heteroatoms. The first-order valence-corrected chi connectivity index (χ1v) is 4.26. The number of nitrogens with two attached hydrogens (primary N) is 1. The summed E-state index contributed by atoms with van der Waals surface area (Å²) in [6.07, 6.45) is 1.94. The molecule has 11 heavy (non-hydrogen) atoms. The average molecular weight is 167 g/mol. The highest BCUT2D eigenvalue weighted by Crippen LogP contribution is 2.31. The van der Waals surface area contributed by atoms with Gasteiger partial charge in [-0.05, 0) is 12.8 Å². The minimum absolute atomic E-state index is 0. The second-order valence-corrected chi connectivity index (χ2v) is 2.61. The van der Waals surface area contributed by atoms with Crippen LogP contribution in [0, 0.1) is 0 Å². The van der Waals surface area contributed by atoms with E-state index >= 15 is 0 Å². The molecule has 1 aliphatic rings. The summed E-state index contributed by atoms with van der Waals surface area (Å²) in [6.45, 7) is 4.00. The van der Waals surface area contributed by atoms with Crippen LogP contribution < -0.4 is 5.73 Å². The quantitative estimate of drug-likeness (QED) is 0.590. The van der Waals surface area contributed by atoms with Gasteiger partial charge in [-0.15, -0.1) is 0 Å². The van der Waals surface area contributed by atoms with Gasteiger partial charge in [-0.3, -0.25) is 0 Å².